The van der Waals surface area contributed by atoms with Gasteiger partial charge in [0.2, 0.25) is 0 Å². The summed E-state index contributed by atoms with van der Waals surface area (Å²) in [5.41, 5.74) is 6.77. The molecule has 0 fully saturated rings. The number of hydrogen-bond donors (Lipinski definition) is 1. The van der Waals surface area contributed by atoms with Gasteiger partial charge < -0.3 is 10.3 Å². The van der Waals surface area contributed by atoms with Crippen molar-refractivity contribution in [2.45, 2.75) is 30.7 Å². The smallest absolute Gasteiger partial charge is 0.398 e. The van der Waals surface area contributed by atoms with Crippen molar-refractivity contribution in [2.24, 2.45) is 0 Å². The molecule has 2 rings (SSSR count). The van der Waals surface area contributed by atoms with E-state index in [1.54, 1.807) is 6.92 Å². The average Bonchev–Trinajstić information content (AvgIpc) is 2.67. The van der Waals surface area contributed by atoms with Crippen LogP contribution in [-0.2, 0) is 11.9 Å². The molecular formula is C13H13F3N2OS. The molecule has 0 atom stereocenters. The highest BCUT2D eigenvalue weighted by Gasteiger charge is 2.30. The van der Waals surface area contributed by atoms with E-state index in [2.05, 4.69) is 5.16 Å². The lowest BCUT2D eigenvalue weighted by Gasteiger charge is -2.10. The highest BCUT2D eigenvalue weighted by Crippen LogP contribution is 2.35. The van der Waals surface area contributed by atoms with Gasteiger partial charge >= 0.3 is 6.18 Å². The van der Waals surface area contributed by atoms with Crippen LogP contribution in [0.4, 0.5) is 18.9 Å². The van der Waals surface area contributed by atoms with Crippen LogP contribution in [-0.4, -0.2) is 5.16 Å². The Labute approximate surface area is 118 Å². The van der Waals surface area contributed by atoms with Crippen LogP contribution in [0.3, 0.4) is 0 Å². The number of rotatable bonds is 3. The van der Waals surface area contributed by atoms with Crippen molar-refractivity contribution in [1.82, 2.24) is 5.16 Å². The predicted octanol–water partition coefficient (Wildman–Crippen LogP) is 4.18. The minimum absolute atomic E-state index is 0.122. The molecule has 7 heteroatoms. The fourth-order valence-corrected chi connectivity index (χ4v) is 2.82. The van der Waals surface area contributed by atoms with Gasteiger partial charge in [0, 0.05) is 21.9 Å². The molecule has 1 heterocycles. The molecule has 0 aliphatic carbocycles. The molecule has 0 radical (unpaired) electrons. The van der Waals surface area contributed by atoms with Crippen molar-refractivity contribution < 1.29 is 17.7 Å². The standard InChI is InChI=1S/C13H13F3N2OS/c1-7-10(8(2)19-18-7)6-20-12-4-3-9(5-11(12)17)13(14,15)16/h3-5H,6,17H2,1-2H3. The van der Waals surface area contributed by atoms with Crippen LogP contribution < -0.4 is 5.73 Å². The van der Waals surface area contributed by atoms with Crippen LogP contribution >= 0.6 is 11.8 Å². The molecule has 0 bridgehead atoms. The molecule has 0 saturated heterocycles. The molecule has 108 valence electrons. The van der Waals surface area contributed by atoms with Gasteiger partial charge in [0.05, 0.1) is 11.3 Å². The first-order valence-corrected chi connectivity index (χ1v) is 6.79. The molecule has 0 unspecified atom stereocenters. The number of thioether (sulfide) groups is 1. The van der Waals surface area contributed by atoms with Crippen molar-refractivity contribution in [1.29, 1.82) is 0 Å². The van der Waals surface area contributed by atoms with E-state index in [0.717, 1.165) is 23.4 Å². The second kappa shape index (κ2) is 5.40. The summed E-state index contributed by atoms with van der Waals surface area (Å²) in [4.78, 5) is 0.609. The van der Waals surface area contributed by atoms with Gasteiger partial charge in [0.25, 0.3) is 0 Å². The summed E-state index contributed by atoms with van der Waals surface area (Å²) in [5.74, 6) is 1.26. The first-order chi connectivity index (χ1) is 9.29. The zero-order valence-electron chi connectivity index (χ0n) is 10.9. The minimum atomic E-state index is -4.38. The highest BCUT2D eigenvalue weighted by atomic mass is 32.2. The van der Waals surface area contributed by atoms with E-state index in [1.165, 1.54) is 17.8 Å². The van der Waals surface area contributed by atoms with Gasteiger partial charge in [-0.05, 0) is 32.0 Å². The summed E-state index contributed by atoms with van der Waals surface area (Å²) in [6.45, 7) is 3.62. The third-order valence-electron chi connectivity index (χ3n) is 2.89. The molecule has 20 heavy (non-hydrogen) atoms. The number of alkyl halides is 3. The third-order valence-corrected chi connectivity index (χ3v) is 4.01. The molecule has 0 saturated carbocycles. The van der Waals surface area contributed by atoms with Crippen LogP contribution in [0.15, 0.2) is 27.6 Å². The first kappa shape index (κ1) is 14.8. The molecule has 0 aliphatic rings. The number of hydrogen-bond acceptors (Lipinski definition) is 4. The van der Waals surface area contributed by atoms with Gasteiger partial charge in [0.15, 0.2) is 0 Å². The van der Waals surface area contributed by atoms with Gasteiger partial charge in [0.1, 0.15) is 5.76 Å². The Balaban J connectivity index is 2.15. The summed E-state index contributed by atoms with van der Waals surface area (Å²) >= 11 is 1.36. The minimum Gasteiger partial charge on any atom is -0.398 e. The Morgan fingerprint density at radius 3 is 2.50 bits per heavy atom. The van der Waals surface area contributed by atoms with E-state index in [1.807, 2.05) is 6.92 Å². The number of nitrogen functional groups attached to an aromatic ring is 1. The Morgan fingerprint density at radius 2 is 2.00 bits per heavy atom. The summed E-state index contributed by atoms with van der Waals surface area (Å²) in [7, 11) is 0. The maximum absolute atomic E-state index is 12.5. The predicted molar refractivity (Wildman–Crippen MR) is 71.4 cm³/mol. The summed E-state index contributed by atoms with van der Waals surface area (Å²) in [6.07, 6.45) is -4.38. The Bertz CT molecular complexity index is 603. The van der Waals surface area contributed by atoms with Crippen LogP contribution in [0.2, 0.25) is 0 Å². The van der Waals surface area contributed by atoms with Crippen LogP contribution in [0.1, 0.15) is 22.6 Å². The monoisotopic (exact) mass is 302 g/mol. The molecule has 0 spiro atoms. The number of halogens is 3. The first-order valence-electron chi connectivity index (χ1n) is 5.80. The SMILES string of the molecule is Cc1noc(C)c1CSc1ccc(C(F)(F)F)cc1N. The van der Waals surface area contributed by atoms with E-state index in [9.17, 15) is 13.2 Å². The zero-order chi connectivity index (χ0) is 14.9. The van der Waals surface area contributed by atoms with E-state index in [4.69, 9.17) is 10.3 Å². The molecule has 3 nitrogen and oxygen atoms in total. The summed E-state index contributed by atoms with van der Waals surface area (Å²) < 4.78 is 42.6. The fourth-order valence-electron chi connectivity index (χ4n) is 1.71. The third kappa shape index (κ3) is 3.09. The van der Waals surface area contributed by atoms with E-state index < -0.39 is 11.7 Å². The van der Waals surface area contributed by atoms with Crippen molar-refractivity contribution >= 4 is 17.4 Å². The molecule has 0 amide bonds. The van der Waals surface area contributed by atoms with Crippen molar-refractivity contribution in [3.63, 3.8) is 0 Å². The maximum atomic E-state index is 12.5. The summed E-state index contributed by atoms with van der Waals surface area (Å²) in [6, 6.07) is 3.38. The van der Waals surface area contributed by atoms with E-state index in [0.29, 0.717) is 16.4 Å². The topological polar surface area (TPSA) is 52.0 Å². The van der Waals surface area contributed by atoms with Crippen molar-refractivity contribution in [3.8, 4) is 0 Å². The largest absolute Gasteiger partial charge is 0.416 e. The second-order valence-corrected chi connectivity index (χ2v) is 5.36. The van der Waals surface area contributed by atoms with Gasteiger partial charge in [-0.1, -0.05) is 5.16 Å². The molecular weight excluding hydrogens is 289 g/mol. The van der Waals surface area contributed by atoms with Crippen LogP contribution in [0.25, 0.3) is 0 Å². The summed E-state index contributed by atoms with van der Waals surface area (Å²) in [5, 5.41) is 3.83. The lowest BCUT2D eigenvalue weighted by molar-refractivity contribution is -0.137. The highest BCUT2D eigenvalue weighted by molar-refractivity contribution is 7.98. The van der Waals surface area contributed by atoms with Gasteiger partial charge in [-0.3, -0.25) is 0 Å². The lowest BCUT2D eigenvalue weighted by Crippen LogP contribution is -2.05. The lowest BCUT2D eigenvalue weighted by atomic mass is 10.2. The molecule has 2 aromatic rings. The van der Waals surface area contributed by atoms with Gasteiger partial charge in [-0.25, -0.2) is 0 Å². The number of aryl methyl sites for hydroxylation is 2. The number of aromatic nitrogens is 1. The van der Waals surface area contributed by atoms with Gasteiger partial charge in [-0.2, -0.15) is 13.2 Å². The zero-order valence-corrected chi connectivity index (χ0v) is 11.7. The molecule has 1 aromatic heterocycles. The molecule has 0 aliphatic heterocycles. The Morgan fingerprint density at radius 1 is 1.30 bits per heavy atom. The number of benzene rings is 1. The fraction of sp³-hybridized carbons (Fsp3) is 0.308. The second-order valence-electron chi connectivity index (χ2n) is 4.34. The molecule has 2 N–H and O–H groups in total. The van der Waals surface area contributed by atoms with Crippen LogP contribution in [0, 0.1) is 13.8 Å². The Kier molecular flexibility index (Phi) is 3.99. The van der Waals surface area contributed by atoms with Crippen molar-refractivity contribution in [3.05, 3.63) is 40.8 Å². The van der Waals surface area contributed by atoms with Crippen LogP contribution in [0.5, 0.6) is 0 Å². The van der Waals surface area contributed by atoms with Crippen molar-refractivity contribution in [2.75, 3.05) is 5.73 Å². The number of nitrogens with two attached hydrogens (primary N) is 1. The quantitative estimate of drug-likeness (QED) is 0.682. The van der Waals surface area contributed by atoms with E-state index in [-0.39, 0.29) is 5.69 Å². The molecule has 1 aromatic carbocycles. The normalized spacial score (nSPS) is 11.8. The Hall–Kier alpha value is -1.63. The number of nitrogens with zero attached hydrogens (tertiary/aromatic N) is 1. The maximum Gasteiger partial charge on any atom is 0.416 e. The van der Waals surface area contributed by atoms with Gasteiger partial charge in [-0.15, -0.1) is 11.8 Å². The average molecular weight is 302 g/mol. The number of anilines is 1. The van der Waals surface area contributed by atoms with E-state index >= 15 is 0 Å².